The lowest BCUT2D eigenvalue weighted by Gasteiger charge is -2.22. The van der Waals surface area contributed by atoms with Crippen molar-refractivity contribution >= 4 is 27.3 Å². The number of esters is 1. The number of hydrogen-bond donors (Lipinski definition) is 0. The quantitative estimate of drug-likeness (QED) is 0.690. The van der Waals surface area contributed by atoms with Crippen molar-refractivity contribution in [2.75, 3.05) is 14.2 Å². The summed E-state index contributed by atoms with van der Waals surface area (Å²) < 4.78 is 37.6. The molecule has 1 heterocycles. The van der Waals surface area contributed by atoms with Crippen LogP contribution in [0, 0.1) is 0 Å². The summed E-state index contributed by atoms with van der Waals surface area (Å²) in [5.41, 5.74) is 0.867. The van der Waals surface area contributed by atoms with Crippen LogP contribution in [0.5, 0.6) is 5.75 Å². The van der Waals surface area contributed by atoms with Crippen LogP contribution >= 0.6 is 11.3 Å². The number of carbonyl (C=O) groups excluding carboxylic acids is 1. The highest BCUT2D eigenvalue weighted by Gasteiger charge is 2.40. The van der Waals surface area contributed by atoms with Gasteiger partial charge in [0.1, 0.15) is 15.5 Å². The van der Waals surface area contributed by atoms with Crippen molar-refractivity contribution in [3.63, 3.8) is 0 Å². The van der Waals surface area contributed by atoms with E-state index in [0.717, 1.165) is 35.5 Å². The smallest absolute Gasteiger partial charge is 0.349 e. The minimum atomic E-state index is -3.78. The van der Waals surface area contributed by atoms with Gasteiger partial charge < -0.3 is 9.47 Å². The van der Waals surface area contributed by atoms with Crippen molar-refractivity contribution in [1.82, 2.24) is 4.31 Å². The molecule has 8 heteroatoms. The van der Waals surface area contributed by atoms with Crippen molar-refractivity contribution in [3.05, 3.63) is 46.2 Å². The van der Waals surface area contributed by atoms with Crippen molar-refractivity contribution in [2.45, 2.75) is 30.3 Å². The molecule has 0 saturated heterocycles. The third kappa shape index (κ3) is 3.70. The molecule has 0 aliphatic heterocycles. The van der Waals surface area contributed by atoms with Gasteiger partial charge in [0.25, 0.3) is 0 Å². The Hall–Kier alpha value is -1.90. The number of thiophene rings is 1. The Morgan fingerprint density at radius 3 is 2.44 bits per heavy atom. The van der Waals surface area contributed by atoms with Gasteiger partial charge in [0.2, 0.25) is 10.0 Å². The molecule has 6 nitrogen and oxygen atoms in total. The number of rotatable bonds is 7. The average molecular weight is 381 g/mol. The van der Waals surface area contributed by atoms with Crippen LogP contribution in [0.2, 0.25) is 0 Å². The standard InChI is InChI=1S/C17H19NO5S2/c1-22-14-7-3-12(4-8-14)11-18(13-5-6-13)25(20,21)15-9-10-24-16(15)17(19)23-2/h3-4,7-10,13H,5-6,11H2,1-2H3. The lowest BCUT2D eigenvalue weighted by molar-refractivity contribution is 0.0602. The lowest BCUT2D eigenvalue weighted by Crippen LogP contribution is -2.33. The summed E-state index contributed by atoms with van der Waals surface area (Å²) in [6, 6.07) is 8.74. The normalized spacial score (nSPS) is 14.5. The van der Waals surface area contributed by atoms with Crippen LogP contribution in [-0.4, -0.2) is 39.0 Å². The minimum Gasteiger partial charge on any atom is -0.497 e. The Labute approximate surface area is 151 Å². The first kappa shape index (κ1) is 17.9. The molecule has 0 atom stereocenters. The number of benzene rings is 1. The summed E-state index contributed by atoms with van der Waals surface area (Å²) in [6.45, 7) is 0.257. The number of carbonyl (C=O) groups is 1. The molecule has 25 heavy (non-hydrogen) atoms. The van der Waals surface area contributed by atoms with E-state index in [9.17, 15) is 13.2 Å². The molecule has 1 fully saturated rings. The Balaban J connectivity index is 1.91. The fourth-order valence-corrected chi connectivity index (χ4v) is 5.54. The highest BCUT2D eigenvalue weighted by molar-refractivity contribution is 7.89. The molecule has 0 amide bonds. The molecule has 0 bridgehead atoms. The molecule has 0 unspecified atom stereocenters. The van der Waals surface area contributed by atoms with Crippen LogP contribution in [0.3, 0.4) is 0 Å². The summed E-state index contributed by atoms with van der Waals surface area (Å²) in [7, 11) is -0.954. The minimum absolute atomic E-state index is 0.0183. The van der Waals surface area contributed by atoms with E-state index in [-0.39, 0.29) is 22.4 Å². The van der Waals surface area contributed by atoms with Crippen molar-refractivity contribution < 1.29 is 22.7 Å². The maximum absolute atomic E-state index is 13.1. The van der Waals surface area contributed by atoms with E-state index in [4.69, 9.17) is 9.47 Å². The molecular formula is C17H19NO5S2. The summed E-state index contributed by atoms with van der Waals surface area (Å²) in [5, 5.41) is 1.59. The first-order valence-electron chi connectivity index (χ1n) is 7.78. The van der Waals surface area contributed by atoms with Gasteiger partial charge in [-0.3, -0.25) is 0 Å². The monoisotopic (exact) mass is 381 g/mol. The fraction of sp³-hybridized carbons (Fsp3) is 0.353. The second-order valence-corrected chi connectivity index (χ2v) is 8.51. The molecule has 1 aromatic heterocycles. The number of methoxy groups -OCH3 is 2. The predicted octanol–water partition coefficient (Wildman–Crippen LogP) is 2.90. The fourth-order valence-electron chi connectivity index (χ4n) is 2.55. The summed E-state index contributed by atoms with van der Waals surface area (Å²) >= 11 is 1.07. The van der Waals surface area contributed by atoms with E-state index < -0.39 is 16.0 Å². The largest absolute Gasteiger partial charge is 0.497 e. The van der Waals surface area contributed by atoms with E-state index in [1.165, 1.54) is 17.5 Å². The molecular weight excluding hydrogens is 362 g/mol. The first-order valence-corrected chi connectivity index (χ1v) is 10.1. The van der Waals surface area contributed by atoms with Gasteiger partial charge in [-0.2, -0.15) is 4.31 Å². The number of sulfonamides is 1. The van der Waals surface area contributed by atoms with Crippen LogP contribution in [0.4, 0.5) is 0 Å². The maximum Gasteiger partial charge on any atom is 0.349 e. The Kier molecular flexibility index (Phi) is 5.12. The topological polar surface area (TPSA) is 72.9 Å². The van der Waals surface area contributed by atoms with Crippen LogP contribution in [0.15, 0.2) is 40.6 Å². The molecule has 1 aliphatic carbocycles. The molecule has 1 saturated carbocycles. The predicted molar refractivity (Wildman–Crippen MR) is 94.4 cm³/mol. The molecule has 2 aromatic rings. The lowest BCUT2D eigenvalue weighted by atomic mass is 10.2. The average Bonchev–Trinajstić information content (AvgIpc) is 3.33. The zero-order valence-electron chi connectivity index (χ0n) is 14.0. The van der Waals surface area contributed by atoms with Gasteiger partial charge in [-0.1, -0.05) is 12.1 Å². The molecule has 0 spiro atoms. The first-order chi connectivity index (χ1) is 12.0. The van der Waals surface area contributed by atoms with E-state index >= 15 is 0 Å². The molecule has 134 valence electrons. The van der Waals surface area contributed by atoms with Gasteiger partial charge in [-0.05, 0) is 42.0 Å². The van der Waals surface area contributed by atoms with Crippen LogP contribution in [0.1, 0.15) is 28.1 Å². The van der Waals surface area contributed by atoms with Gasteiger partial charge in [0.15, 0.2) is 0 Å². The van der Waals surface area contributed by atoms with Gasteiger partial charge in [0.05, 0.1) is 14.2 Å². The van der Waals surface area contributed by atoms with Crippen LogP contribution in [0.25, 0.3) is 0 Å². The van der Waals surface area contributed by atoms with Gasteiger partial charge >= 0.3 is 5.97 Å². The molecule has 1 aromatic carbocycles. The molecule has 3 rings (SSSR count). The Morgan fingerprint density at radius 2 is 1.88 bits per heavy atom. The molecule has 0 radical (unpaired) electrons. The van der Waals surface area contributed by atoms with Crippen LogP contribution in [-0.2, 0) is 21.3 Å². The van der Waals surface area contributed by atoms with Gasteiger partial charge in [-0.15, -0.1) is 11.3 Å². The third-order valence-electron chi connectivity index (χ3n) is 4.04. The van der Waals surface area contributed by atoms with E-state index in [0.29, 0.717) is 0 Å². The maximum atomic E-state index is 13.1. The number of nitrogens with zero attached hydrogens (tertiary/aromatic N) is 1. The highest BCUT2D eigenvalue weighted by Crippen LogP contribution is 2.36. The summed E-state index contributed by atoms with van der Waals surface area (Å²) in [5.74, 6) is 0.0872. The van der Waals surface area contributed by atoms with Crippen molar-refractivity contribution in [1.29, 1.82) is 0 Å². The molecule has 0 N–H and O–H groups in total. The van der Waals surface area contributed by atoms with Crippen molar-refractivity contribution in [3.8, 4) is 5.75 Å². The van der Waals surface area contributed by atoms with E-state index in [1.807, 2.05) is 12.1 Å². The molecule has 1 aliphatic rings. The Morgan fingerprint density at radius 1 is 1.20 bits per heavy atom. The summed E-state index contributed by atoms with van der Waals surface area (Å²) in [4.78, 5) is 12.0. The van der Waals surface area contributed by atoms with E-state index in [2.05, 4.69) is 0 Å². The van der Waals surface area contributed by atoms with Crippen LogP contribution < -0.4 is 4.74 Å². The highest BCUT2D eigenvalue weighted by atomic mass is 32.2. The zero-order valence-corrected chi connectivity index (χ0v) is 15.6. The SMILES string of the molecule is COC(=O)c1sccc1S(=O)(=O)N(Cc1ccc(OC)cc1)C1CC1. The third-order valence-corrected chi connectivity index (χ3v) is 7.00. The zero-order chi connectivity index (χ0) is 18.0. The van der Waals surface area contributed by atoms with Crippen molar-refractivity contribution in [2.24, 2.45) is 0 Å². The van der Waals surface area contributed by atoms with E-state index in [1.54, 1.807) is 24.6 Å². The van der Waals surface area contributed by atoms with Gasteiger partial charge in [-0.25, -0.2) is 13.2 Å². The second-order valence-electron chi connectivity index (χ2n) is 5.74. The number of ether oxygens (including phenoxy) is 2. The Bertz CT molecular complexity index is 853. The summed E-state index contributed by atoms with van der Waals surface area (Å²) in [6.07, 6.45) is 1.65. The number of hydrogen-bond acceptors (Lipinski definition) is 6. The second kappa shape index (κ2) is 7.15. The van der Waals surface area contributed by atoms with Gasteiger partial charge in [0, 0.05) is 12.6 Å².